The molecule has 0 unspecified atom stereocenters. The first-order valence-corrected chi connectivity index (χ1v) is 3.98. The molecule has 1 saturated heterocycles. The molecule has 4 heteroatoms. The fourth-order valence-electron chi connectivity index (χ4n) is 1.15. The van der Waals surface area contributed by atoms with Gasteiger partial charge in [0.15, 0.2) is 0 Å². The zero-order valence-corrected chi connectivity index (χ0v) is 6.55. The molecule has 1 rings (SSSR count). The van der Waals surface area contributed by atoms with E-state index in [1.165, 1.54) is 0 Å². The van der Waals surface area contributed by atoms with Crippen LogP contribution >= 0.6 is 0 Å². The van der Waals surface area contributed by atoms with Crippen molar-refractivity contribution in [2.45, 2.75) is 19.3 Å². The number of carbonyl (C=O) groups is 1. The summed E-state index contributed by atoms with van der Waals surface area (Å²) in [6, 6.07) is 0. The lowest BCUT2D eigenvalue weighted by molar-refractivity contribution is -0.128. The van der Waals surface area contributed by atoms with Gasteiger partial charge in [0.25, 0.3) is 0 Å². The number of aliphatic hydroxyl groups excluding tert-OH is 1. The first kappa shape index (κ1) is 8.49. The Morgan fingerprint density at radius 1 is 1.64 bits per heavy atom. The van der Waals surface area contributed by atoms with E-state index < -0.39 is 0 Å². The summed E-state index contributed by atoms with van der Waals surface area (Å²) in [5, 5.41) is 10.4. The maximum absolute atomic E-state index is 10.8. The molecule has 0 aromatic rings. The molecule has 11 heavy (non-hydrogen) atoms. The van der Waals surface area contributed by atoms with E-state index in [0.29, 0.717) is 6.42 Å². The molecule has 0 spiro atoms. The van der Waals surface area contributed by atoms with Crippen molar-refractivity contribution < 1.29 is 9.90 Å². The minimum absolute atomic E-state index is 0.0918. The van der Waals surface area contributed by atoms with Gasteiger partial charge in [-0.05, 0) is 12.8 Å². The van der Waals surface area contributed by atoms with Crippen LogP contribution in [0.15, 0.2) is 0 Å². The van der Waals surface area contributed by atoms with Gasteiger partial charge in [-0.3, -0.25) is 10.2 Å². The zero-order chi connectivity index (χ0) is 8.10. The van der Waals surface area contributed by atoms with Crippen LogP contribution in [0, 0.1) is 0 Å². The van der Waals surface area contributed by atoms with Crippen molar-refractivity contribution in [1.82, 2.24) is 10.4 Å². The van der Waals surface area contributed by atoms with E-state index in [1.807, 2.05) is 5.01 Å². The molecule has 4 nitrogen and oxygen atoms in total. The topological polar surface area (TPSA) is 52.6 Å². The average Bonchev–Trinajstić information content (AvgIpc) is 2.01. The second-order valence-corrected chi connectivity index (χ2v) is 2.70. The van der Waals surface area contributed by atoms with Crippen LogP contribution in [0.4, 0.5) is 0 Å². The van der Waals surface area contributed by atoms with Crippen LogP contribution in [0.1, 0.15) is 19.3 Å². The molecule has 0 radical (unpaired) electrons. The third-order valence-corrected chi connectivity index (χ3v) is 1.70. The maximum Gasteiger partial charge on any atom is 0.234 e. The van der Waals surface area contributed by atoms with Crippen molar-refractivity contribution in [2.75, 3.05) is 19.7 Å². The number of nitrogens with zero attached hydrogens (tertiary/aromatic N) is 1. The third-order valence-electron chi connectivity index (χ3n) is 1.70. The van der Waals surface area contributed by atoms with Crippen LogP contribution < -0.4 is 5.43 Å². The van der Waals surface area contributed by atoms with Gasteiger partial charge in [0.05, 0.1) is 0 Å². The molecule has 0 aromatic heterocycles. The minimum Gasteiger partial charge on any atom is -0.396 e. The minimum atomic E-state index is 0.0918. The Morgan fingerprint density at radius 3 is 3.09 bits per heavy atom. The normalized spacial score (nSPS) is 19.9. The zero-order valence-electron chi connectivity index (χ0n) is 6.55. The smallest absolute Gasteiger partial charge is 0.234 e. The van der Waals surface area contributed by atoms with Crippen LogP contribution in [0.25, 0.3) is 0 Å². The monoisotopic (exact) mass is 158 g/mol. The Morgan fingerprint density at radius 2 is 2.45 bits per heavy atom. The lowest BCUT2D eigenvalue weighted by Crippen LogP contribution is -2.47. The summed E-state index contributed by atoms with van der Waals surface area (Å²) in [5.74, 6) is 0.0918. The highest BCUT2D eigenvalue weighted by atomic mass is 16.3. The molecule has 1 aliphatic rings. The van der Waals surface area contributed by atoms with Crippen LogP contribution in [-0.2, 0) is 4.79 Å². The van der Waals surface area contributed by atoms with E-state index in [-0.39, 0.29) is 12.5 Å². The molecule has 1 aliphatic heterocycles. The molecule has 0 saturated carbocycles. The Bertz CT molecular complexity index is 138. The van der Waals surface area contributed by atoms with Gasteiger partial charge in [-0.25, -0.2) is 5.01 Å². The van der Waals surface area contributed by atoms with Crippen molar-refractivity contribution in [2.24, 2.45) is 0 Å². The maximum atomic E-state index is 10.8. The number of aliphatic hydroxyl groups is 1. The predicted octanol–water partition coefficient (Wildman–Crippen LogP) is -0.504. The standard InChI is InChI=1S/C7H14N2O2/c10-6-2-5-9-4-1-3-7(11)8-9/h10H,1-6H2,(H,8,11). The highest BCUT2D eigenvalue weighted by Crippen LogP contribution is 2.00. The molecule has 2 N–H and O–H groups in total. The van der Waals surface area contributed by atoms with Gasteiger partial charge >= 0.3 is 0 Å². The molecule has 1 heterocycles. The SMILES string of the molecule is O=C1CCCN(CCCO)N1. The Hall–Kier alpha value is -0.610. The van der Waals surface area contributed by atoms with Gasteiger partial charge in [0.2, 0.25) is 5.91 Å². The van der Waals surface area contributed by atoms with E-state index in [2.05, 4.69) is 5.43 Å². The van der Waals surface area contributed by atoms with E-state index in [9.17, 15) is 4.79 Å². The van der Waals surface area contributed by atoms with Crippen molar-refractivity contribution in [1.29, 1.82) is 0 Å². The van der Waals surface area contributed by atoms with Gasteiger partial charge in [-0.15, -0.1) is 0 Å². The Labute approximate surface area is 66.2 Å². The summed E-state index contributed by atoms with van der Waals surface area (Å²) in [6.45, 7) is 1.85. The van der Waals surface area contributed by atoms with E-state index in [1.54, 1.807) is 0 Å². The third kappa shape index (κ3) is 2.86. The number of hydrazine groups is 1. The largest absolute Gasteiger partial charge is 0.396 e. The molecule has 0 atom stereocenters. The fourth-order valence-corrected chi connectivity index (χ4v) is 1.15. The molecule has 1 amide bonds. The van der Waals surface area contributed by atoms with Gasteiger partial charge in [0.1, 0.15) is 0 Å². The lowest BCUT2D eigenvalue weighted by atomic mass is 10.2. The summed E-state index contributed by atoms with van der Waals surface area (Å²) in [7, 11) is 0. The van der Waals surface area contributed by atoms with E-state index >= 15 is 0 Å². The number of rotatable bonds is 3. The Balaban J connectivity index is 2.17. The number of hydrogen-bond donors (Lipinski definition) is 2. The first-order valence-electron chi connectivity index (χ1n) is 3.98. The van der Waals surface area contributed by atoms with E-state index in [0.717, 1.165) is 25.9 Å². The van der Waals surface area contributed by atoms with Gasteiger partial charge in [-0.2, -0.15) is 0 Å². The van der Waals surface area contributed by atoms with E-state index in [4.69, 9.17) is 5.11 Å². The number of nitrogens with one attached hydrogen (secondary N) is 1. The highest BCUT2D eigenvalue weighted by Gasteiger charge is 2.13. The molecule has 0 bridgehead atoms. The van der Waals surface area contributed by atoms with Crippen molar-refractivity contribution in [3.05, 3.63) is 0 Å². The van der Waals surface area contributed by atoms with Crippen LogP contribution in [-0.4, -0.2) is 35.7 Å². The van der Waals surface area contributed by atoms with Crippen LogP contribution in [0.3, 0.4) is 0 Å². The van der Waals surface area contributed by atoms with Crippen LogP contribution in [0.2, 0.25) is 0 Å². The highest BCUT2D eigenvalue weighted by molar-refractivity contribution is 5.75. The molecule has 64 valence electrons. The summed E-state index contributed by atoms with van der Waals surface area (Å²) in [6.07, 6.45) is 2.28. The number of amides is 1. The first-order chi connectivity index (χ1) is 5.33. The molecule has 0 aromatic carbocycles. The summed E-state index contributed by atoms with van der Waals surface area (Å²) in [5.41, 5.74) is 2.73. The second-order valence-electron chi connectivity index (χ2n) is 2.70. The van der Waals surface area contributed by atoms with Gasteiger partial charge in [-0.1, -0.05) is 0 Å². The summed E-state index contributed by atoms with van der Waals surface area (Å²) < 4.78 is 0. The average molecular weight is 158 g/mol. The summed E-state index contributed by atoms with van der Waals surface area (Å²) >= 11 is 0. The van der Waals surface area contributed by atoms with Gasteiger partial charge < -0.3 is 5.11 Å². The molecule has 0 aliphatic carbocycles. The second kappa shape index (κ2) is 4.31. The van der Waals surface area contributed by atoms with Gasteiger partial charge in [0, 0.05) is 26.1 Å². The molecular weight excluding hydrogens is 144 g/mol. The lowest BCUT2D eigenvalue weighted by Gasteiger charge is -2.26. The molecular formula is C7H14N2O2. The van der Waals surface area contributed by atoms with Crippen molar-refractivity contribution in [3.8, 4) is 0 Å². The van der Waals surface area contributed by atoms with Crippen LogP contribution in [0.5, 0.6) is 0 Å². The van der Waals surface area contributed by atoms with Crippen molar-refractivity contribution >= 4 is 5.91 Å². The summed E-state index contributed by atoms with van der Waals surface area (Å²) in [4.78, 5) is 10.8. The quantitative estimate of drug-likeness (QED) is 0.582. The Kier molecular flexibility index (Phi) is 3.32. The van der Waals surface area contributed by atoms with Crippen molar-refractivity contribution in [3.63, 3.8) is 0 Å². The predicted molar refractivity (Wildman–Crippen MR) is 40.7 cm³/mol. The fraction of sp³-hybridized carbons (Fsp3) is 0.857. The number of hydrogen-bond acceptors (Lipinski definition) is 3. The number of carbonyl (C=O) groups excluding carboxylic acids is 1. The molecule has 1 fully saturated rings.